The molecule has 0 aromatic heterocycles. The number of rotatable bonds is 4. The molecule has 2 aromatic rings. The van der Waals surface area contributed by atoms with Crippen LogP contribution in [0.3, 0.4) is 0 Å². The van der Waals surface area contributed by atoms with Gasteiger partial charge in [0.2, 0.25) is 5.91 Å². The van der Waals surface area contributed by atoms with Crippen molar-refractivity contribution in [3.05, 3.63) is 47.5 Å². The van der Waals surface area contributed by atoms with E-state index in [1.807, 2.05) is 6.92 Å². The topological polar surface area (TPSA) is 75.3 Å². The Bertz CT molecular complexity index is 900. The van der Waals surface area contributed by atoms with Crippen molar-refractivity contribution in [1.29, 1.82) is 0 Å². The molecule has 0 saturated heterocycles. The minimum Gasteiger partial charge on any atom is -0.324 e. The molecule has 1 heterocycles. The van der Waals surface area contributed by atoms with Gasteiger partial charge in [-0.1, -0.05) is 24.6 Å². The summed E-state index contributed by atoms with van der Waals surface area (Å²) in [6.45, 7) is 1.94. The van der Waals surface area contributed by atoms with E-state index in [0.717, 1.165) is 4.90 Å². The van der Waals surface area contributed by atoms with Crippen LogP contribution in [0.25, 0.3) is 0 Å². The van der Waals surface area contributed by atoms with Crippen LogP contribution < -0.4 is 10.0 Å². The zero-order valence-corrected chi connectivity index (χ0v) is 15.1. The van der Waals surface area contributed by atoms with Crippen molar-refractivity contribution >= 4 is 50.7 Å². The lowest BCUT2D eigenvalue weighted by molar-refractivity contribution is -0.115. The van der Waals surface area contributed by atoms with Gasteiger partial charge >= 0.3 is 0 Å². The number of carbonyl (C=O) groups excluding carboxylic acids is 1. The smallest absolute Gasteiger partial charge is 0.261 e. The van der Waals surface area contributed by atoms with Crippen LogP contribution in [0.2, 0.25) is 5.02 Å². The number of sulfonamides is 1. The van der Waals surface area contributed by atoms with Crippen molar-refractivity contribution in [2.24, 2.45) is 0 Å². The number of nitrogens with one attached hydrogen (secondary N) is 2. The summed E-state index contributed by atoms with van der Waals surface area (Å²) in [6, 6.07) is 11.2. The number of fused-ring (bicyclic) bond motifs is 1. The Morgan fingerprint density at radius 3 is 2.75 bits per heavy atom. The quantitative estimate of drug-likeness (QED) is 0.839. The summed E-state index contributed by atoms with van der Waals surface area (Å²) in [5.41, 5.74) is 0.897. The highest BCUT2D eigenvalue weighted by Crippen LogP contribution is 2.38. The molecule has 0 bridgehead atoms. The molecule has 126 valence electrons. The fourth-order valence-electron chi connectivity index (χ4n) is 2.33. The molecule has 24 heavy (non-hydrogen) atoms. The van der Waals surface area contributed by atoms with Crippen LogP contribution in [0, 0.1) is 0 Å². The van der Waals surface area contributed by atoms with Crippen LogP contribution in [-0.4, -0.2) is 19.6 Å². The Morgan fingerprint density at radius 2 is 2.04 bits per heavy atom. The van der Waals surface area contributed by atoms with Gasteiger partial charge in [0.05, 0.1) is 21.5 Å². The third-order valence-electron chi connectivity index (χ3n) is 3.53. The van der Waals surface area contributed by atoms with Crippen molar-refractivity contribution < 1.29 is 13.2 Å². The van der Waals surface area contributed by atoms with Gasteiger partial charge in [0, 0.05) is 9.92 Å². The Hall–Kier alpha value is -1.70. The fourth-order valence-corrected chi connectivity index (χ4v) is 4.62. The molecule has 0 fully saturated rings. The zero-order valence-electron chi connectivity index (χ0n) is 12.7. The molecule has 2 N–H and O–H groups in total. The Balaban J connectivity index is 1.90. The fraction of sp³-hybridized carbons (Fsp3) is 0.188. The van der Waals surface area contributed by atoms with Crippen molar-refractivity contribution in [2.45, 2.75) is 28.4 Å². The van der Waals surface area contributed by atoms with Crippen LogP contribution in [-0.2, 0) is 14.8 Å². The predicted molar refractivity (Wildman–Crippen MR) is 97.3 cm³/mol. The van der Waals surface area contributed by atoms with Gasteiger partial charge in [0.1, 0.15) is 0 Å². The van der Waals surface area contributed by atoms with Gasteiger partial charge in [-0.2, -0.15) is 0 Å². The summed E-state index contributed by atoms with van der Waals surface area (Å²) >= 11 is 7.32. The standard InChI is InChI=1S/C16H15ClN2O3S2/c1-2-14-16(20)18-13-9-12(6-7-15(13)23-14)24(21,22)19-11-5-3-4-10(17)8-11/h3-9,14,19H,2H2,1H3,(H,18,20). The molecule has 1 amide bonds. The number of thioether (sulfide) groups is 1. The lowest BCUT2D eigenvalue weighted by atomic mass is 10.2. The second kappa shape index (κ2) is 6.66. The molecule has 0 saturated carbocycles. The first kappa shape index (κ1) is 17.1. The molecule has 0 spiro atoms. The van der Waals surface area contributed by atoms with E-state index in [-0.39, 0.29) is 16.1 Å². The molecule has 2 aromatic carbocycles. The lowest BCUT2D eigenvalue weighted by Crippen LogP contribution is -2.28. The van der Waals surface area contributed by atoms with Gasteiger partial charge in [0.25, 0.3) is 10.0 Å². The number of hydrogen-bond donors (Lipinski definition) is 2. The van der Waals surface area contributed by atoms with Gasteiger partial charge < -0.3 is 5.32 Å². The summed E-state index contributed by atoms with van der Waals surface area (Å²) in [6.07, 6.45) is 0.715. The first-order chi connectivity index (χ1) is 11.4. The molecule has 0 aliphatic carbocycles. The molecule has 3 rings (SSSR count). The Kier molecular flexibility index (Phi) is 4.76. The van der Waals surface area contributed by atoms with Gasteiger partial charge in [-0.05, 0) is 42.8 Å². The van der Waals surface area contributed by atoms with Gasteiger partial charge in [-0.25, -0.2) is 8.42 Å². The normalized spacial score (nSPS) is 17.1. The number of amides is 1. The molecule has 1 aliphatic rings. The summed E-state index contributed by atoms with van der Waals surface area (Å²) in [7, 11) is -3.77. The number of hydrogen-bond acceptors (Lipinski definition) is 4. The lowest BCUT2D eigenvalue weighted by Gasteiger charge is -2.23. The van der Waals surface area contributed by atoms with E-state index in [1.165, 1.54) is 30.0 Å². The second-order valence-corrected chi connectivity index (χ2v) is 8.64. The number of halogens is 1. The van der Waals surface area contributed by atoms with Gasteiger partial charge in [0.15, 0.2) is 0 Å². The van der Waals surface area contributed by atoms with Crippen LogP contribution in [0.5, 0.6) is 0 Å². The SMILES string of the molecule is CCC1Sc2ccc(S(=O)(=O)Nc3cccc(Cl)c3)cc2NC1=O. The third-order valence-corrected chi connectivity index (χ3v) is 6.58. The van der Waals surface area contributed by atoms with E-state index in [1.54, 1.807) is 24.3 Å². The zero-order chi connectivity index (χ0) is 17.3. The van der Waals surface area contributed by atoms with Crippen molar-refractivity contribution in [3.8, 4) is 0 Å². The molecule has 1 atom stereocenters. The van der Waals surface area contributed by atoms with E-state index >= 15 is 0 Å². The van der Waals surface area contributed by atoms with Crippen molar-refractivity contribution in [3.63, 3.8) is 0 Å². The second-order valence-electron chi connectivity index (χ2n) is 5.28. The van der Waals surface area contributed by atoms with Crippen molar-refractivity contribution in [1.82, 2.24) is 0 Å². The van der Waals surface area contributed by atoms with E-state index in [9.17, 15) is 13.2 Å². The van der Waals surface area contributed by atoms with Crippen LogP contribution >= 0.6 is 23.4 Å². The predicted octanol–water partition coefficient (Wildman–Crippen LogP) is 3.96. The maximum atomic E-state index is 12.5. The highest BCUT2D eigenvalue weighted by Gasteiger charge is 2.27. The summed E-state index contributed by atoms with van der Waals surface area (Å²) < 4.78 is 27.5. The molecular formula is C16H15ClN2O3S2. The van der Waals surface area contributed by atoms with E-state index in [4.69, 9.17) is 11.6 Å². The Labute approximate surface area is 149 Å². The molecule has 1 aliphatic heterocycles. The minimum atomic E-state index is -3.77. The van der Waals surface area contributed by atoms with E-state index < -0.39 is 10.0 Å². The maximum absolute atomic E-state index is 12.5. The first-order valence-electron chi connectivity index (χ1n) is 7.29. The Morgan fingerprint density at radius 1 is 1.25 bits per heavy atom. The number of carbonyl (C=O) groups is 1. The van der Waals surface area contributed by atoms with E-state index in [2.05, 4.69) is 10.0 Å². The van der Waals surface area contributed by atoms with Gasteiger partial charge in [-0.3, -0.25) is 9.52 Å². The van der Waals surface area contributed by atoms with Crippen LogP contribution in [0.1, 0.15) is 13.3 Å². The molecule has 0 radical (unpaired) electrons. The first-order valence-corrected chi connectivity index (χ1v) is 10.0. The maximum Gasteiger partial charge on any atom is 0.261 e. The number of anilines is 2. The summed E-state index contributed by atoms with van der Waals surface area (Å²) in [5.74, 6) is -0.104. The third kappa shape index (κ3) is 3.53. The summed E-state index contributed by atoms with van der Waals surface area (Å²) in [5, 5.41) is 3.06. The average molecular weight is 383 g/mol. The van der Waals surface area contributed by atoms with Gasteiger partial charge in [-0.15, -0.1) is 11.8 Å². The van der Waals surface area contributed by atoms with Crippen LogP contribution in [0.15, 0.2) is 52.3 Å². The molecule has 1 unspecified atom stereocenters. The molecular weight excluding hydrogens is 368 g/mol. The minimum absolute atomic E-state index is 0.0806. The molecule has 8 heteroatoms. The highest BCUT2D eigenvalue weighted by atomic mass is 35.5. The number of benzene rings is 2. The average Bonchev–Trinajstić information content (AvgIpc) is 2.53. The van der Waals surface area contributed by atoms with Crippen molar-refractivity contribution in [2.75, 3.05) is 10.0 Å². The highest BCUT2D eigenvalue weighted by molar-refractivity contribution is 8.01. The van der Waals surface area contributed by atoms with E-state index in [0.29, 0.717) is 22.8 Å². The molecule has 5 nitrogen and oxygen atoms in total. The summed E-state index contributed by atoms with van der Waals surface area (Å²) in [4.78, 5) is 12.9. The largest absolute Gasteiger partial charge is 0.324 e. The monoisotopic (exact) mass is 382 g/mol. The van der Waals surface area contributed by atoms with Crippen LogP contribution in [0.4, 0.5) is 11.4 Å².